The number of Topliss-reactive ketones (excluding diaryl/α,β-unsaturated/α-hetero) is 1. The normalized spacial score (nSPS) is 21.0. The highest BCUT2D eigenvalue weighted by atomic mass is 32.2. The molecule has 1 aromatic carbocycles. The van der Waals surface area contributed by atoms with E-state index in [0.29, 0.717) is 5.69 Å². The van der Waals surface area contributed by atoms with E-state index in [1.165, 1.54) is 25.1 Å². The molecule has 0 radical (unpaired) electrons. The first-order valence-electron chi connectivity index (χ1n) is 6.48. The van der Waals surface area contributed by atoms with Gasteiger partial charge in [0.05, 0.1) is 16.4 Å². The predicted octanol–water partition coefficient (Wildman–Crippen LogP) is 1.42. The van der Waals surface area contributed by atoms with Gasteiger partial charge < -0.3 is 4.90 Å². The molecule has 1 saturated heterocycles. The third-order valence-corrected chi connectivity index (χ3v) is 5.34. The third-order valence-electron chi connectivity index (χ3n) is 3.55. The van der Waals surface area contributed by atoms with E-state index in [1.54, 1.807) is 6.92 Å². The van der Waals surface area contributed by atoms with Crippen LogP contribution >= 0.6 is 0 Å². The van der Waals surface area contributed by atoms with Crippen LogP contribution in [0.4, 0.5) is 11.4 Å². The van der Waals surface area contributed by atoms with E-state index in [1.807, 2.05) is 4.90 Å². The fraction of sp³-hybridized carbons (Fsp3) is 0.462. The fourth-order valence-electron chi connectivity index (χ4n) is 2.53. The van der Waals surface area contributed by atoms with Crippen LogP contribution in [-0.2, 0) is 9.84 Å². The van der Waals surface area contributed by atoms with Crippen molar-refractivity contribution < 1.29 is 18.1 Å². The number of nitrogens with zero attached hydrogens (tertiary/aromatic N) is 2. The van der Waals surface area contributed by atoms with Crippen molar-refractivity contribution in [3.8, 4) is 0 Å². The lowest BCUT2D eigenvalue weighted by atomic mass is 10.1. The molecule has 8 heteroatoms. The first-order chi connectivity index (χ1) is 9.71. The number of nitro benzene ring substituents is 1. The van der Waals surface area contributed by atoms with Gasteiger partial charge in [0.15, 0.2) is 15.6 Å². The molecule has 1 fully saturated rings. The van der Waals surface area contributed by atoms with E-state index in [-0.39, 0.29) is 41.1 Å². The lowest BCUT2D eigenvalue weighted by molar-refractivity contribution is -0.384. The molecular weight excluding hydrogens is 296 g/mol. The molecule has 1 heterocycles. The average molecular weight is 312 g/mol. The van der Waals surface area contributed by atoms with Crippen molar-refractivity contribution in [3.05, 3.63) is 33.9 Å². The standard InChI is InChI=1S/C13H16N2O5S/c1-9-8-21(19,20)6-5-14(9)13-4-3-11(15(17)18)7-12(13)10(2)16/h3-4,7,9H,5-6,8H2,1-2H3. The second kappa shape index (κ2) is 5.44. The number of benzene rings is 1. The highest BCUT2D eigenvalue weighted by Crippen LogP contribution is 2.29. The Morgan fingerprint density at radius 3 is 2.62 bits per heavy atom. The number of hydrogen-bond acceptors (Lipinski definition) is 6. The summed E-state index contributed by atoms with van der Waals surface area (Å²) in [6.45, 7) is 3.39. The molecule has 2 rings (SSSR count). The van der Waals surface area contributed by atoms with Crippen molar-refractivity contribution in [2.24, 2.45) is 0 Å². The predicted molar refractivity (Wildman–Crippen MR) is 78.6 cm³/mol. The van der Waals surface area contributed by atoms with Gasteiger partial charge in [-0.1, -0.05) is 0 Å². The Labute approximate surface area is 122 Å². The van der Waals surface area contributed by atoms with Crippen LogP contribution in [0.1, 0.15) is 24.2 Å². The zero-order valence-corrected chi connectivity index (χ0v) is 12.6. The van der Waals surface area contributed by atoms with Crippen LogP contribution in [0.3, 0.4) is 0 Å². The second-order valence-corrected chi connectivity index (χ2v) is 7.40. The zero-order chi connectivity index (χ0) is 15.8. The van der Waals surface area contributed by atoms with Crippen molar-refractivity contribution in [1.29, 1.82) is 0 Å². The molecule has 0 bridgehead atoms. The number of hydrogen-bond donors (Lipinski definition) is 0. The Morgan fingerprint density at radius 1 is 1.43 bits per heavy atom. The number of anilines is 1. The van der Waals surface area contributed by atoms with Crippen molar-refractivity contribution in [2.45, 2.75) is 19.9 Å². The Morgan fingerprint density at radius 2 is 2.10 bits per heavy atom. The van der Waals surface area contributed by atoms with Gasteiger partial charge in [0.25, 0.3) is 5.69 Å². The minimum Gasteiger partial charge on any atom is -0.366 e. The van der Waals surface area contributed by atoms with Crippen molar-refractivity contribution in [3.63, 3.8) is 0 Å². The van der Waals surface area contributed by atoms with E-state index in [0.717, 1.165) is 0 Å². The topological polar surface area (TPSA) is 97.6 Å². The first kappa shape index (κ1) is 15.4. The molecule has 1 aliphatic rings. The molecule has 0 N–H and O–H groups in total. The summed E-state index contributed by atoms with van der Waals surface area (Å²) in [5.74, 6) is -0.248. The molecule has 0 amide bonds. The van der Waals surface area contributed by atoms with Crippen LogP contribution in [0.5, 0.6) is 0 Å². The molecule has 0 saturated carbocycles. The maximum absolute atomic E-state index is 11.8. The number of sulfone groups is 1. The monoisotopic (exact) mass is 312 g/mol. The summed E-state index contributed by atoms with van der Waals surface area (Å²) < 4.78 is 23.2. The molecule has 1 aliphatic heterocycles. The minimum absolute atomic E-state index is 0.0152. The largest absolute Gasteiger partial charge is 0.366 e. The minimum atomic E-state index is -3.06. The summed E-state index contributed by atoms with van der Waals surface area (Å²) in [6.07, 6.45) is 0. The number of rotatable bonds is 3. The number of carbonyl (C=O) groups excluding carboxylic acids is 1. The van der Waals surface area contributed by atoms with Gasteiger partial charge in [-0.3, -0.25) is 14.9 Å². The number of nitro groups is 1. The molecule has 1 aromatic rings. The lowest BCUT2D eigenvalue weighted by Crippen LogP contribution is -2.47. The van der Waals surface area contributed by atoms with E-state index in [2.05, 4.69) is 0 Å². The maximum Gasteiger partial charge on any atom is 0.270 e. The summed E-state index contributed by atoms with van der Waals surface area (Å²) in [5.41, 5.74) is 0.645. The van der Waals surface area contributed by atoms with Gasteiger partial charge in [-0.2, -0.15) is 0 Å². The van der Waals surface area contributed by atoms with Crippen LogP contribution in [-0.4, -0.2) is 43.2 Å². The van der Waals surface area contributed by atoms with Gasteiger partial charge in [0.2, 0.25) is 0 Å². The summed E-state index contributed by atoms with van der Waals surface area (Å²) in [4.78, 5) is 23.8. The summed E-state index contributed by atoms with van der Waals surface area (Å²) in [7, 11) is -3.06. The molecule has 1 atom stereocenters. The Balaban J connectivity index is 2.44. The smallest absolute Gasteiger partial charge is 0.270 e. The lowest BCUT2D eigenvalue weighted by Gasteiger charge is -2.36. The Hall–Kier alpha value is -1.96. The zero-order valence-electron chi connectivity index (χ0n) is 11.8. The Kier molecular flexibility index (Phi) is 3.99. The molecule has 0 aliphatic carbocycles. The van der Waals surface area contributed by atoms with Gasteiger partial charge in [0, 0.05) is 36.0 Å². The molecule has 21 heavy (non-hydrogen) atoms. The summed E-state index contributed by atoms with van der Waals surface area (Å²) >= 11 is 0. The van der Waals surface area contributed by atoms with E-state index in [4.69, 9.17) is 0 Å². The van der Waals surface area contributed by atoms with Gasteiger partial charge in [-0.05, 0) is 19.9 Å². The second-order valence-electron chi connectivity index (χ2n) is 5.17. The van der Waals surface area contributed by atoms with Gasteiger partial charge >= 0.3 is 0 Å². The quantitative estimate of drug-likeness (QED) is 0.475. The molecule has 1 unspecified atom stereocenters. The molecular formula is C13H16N2O5S. The first-order valence-corrected chi connectivity index (χ1v) is 8.30. The van der Waals surface area contributed by atoms with Crippen LogP contribution in [0.15, 0.2) is 18.2 Å². The third kappa shape index (κ3) is 3.21. The Bertz CT molecular complexity index is 699. The van der Waals surface area contributed by atoms with Crippen molar-refractivity contribution in [1.82, 2.24) is 0 Å². The SMILES string of the molecule is CC(=O)c1cc([N+](=O)[O-])ccc1N1CCS(=O)(=O)CC1C. The molecule has 0 aromatic heterocycles. The van der Waals surface area contributed by atoms with E-state index in [9.17, 15) is 23.3 Å². The van der Waals surface area contributed by atoms with Crippen LogP contribution in [0.25, 0.3) is 0 Å². The number of ketones is 1. The van der Waals surface area contributed by atoms with Gasteiger partial charge in [0.1, 0.15) is 0 Å². The van der Waals surface area contributed by atoms with Gasteiger partial charge in [-0.15, -0.1) is 0 Å². The highest BCUT2D eigenvalue weighted by Gasteiger charge is 2.30. The average Bonchev–Trinajstić information content (AvgIpc) is 2.37. The fourth-order valence-corrected chi connectivity index (χ4v) is 4.08. The summed E-state index contributed by atoms with van der Waals surface area (Å²) in [6, 6.07) is 3.82. The van der Waals surface area contributed by atoms with E-state index < -0.39 is 14.8 Å². The van der Waals surface area contributed by atoms with Crippen molar-refractivity contribution in [2.75, 3.05) is 23.0 Å². The highest BCUT2D eigenvalue weighted by molar-refractivity contribution is 7.91. The van der Waals surface area contributed by atoms with Gasteiger partial charge in [-0.25, -0.2) is 8.42 Å². The molecule has 0 spiro atoms. The number of carbonyl (C=O) groups is 1. The number of non-ortho nitro benzene ring substituents is 1. The molecule has 114 valence electrons. The summed E-state index contributed by atoms with van der Waals surface area (Å²) in [5, 5.41) is 10.8. The van der Waals surface area contributed by atoms with Crippen molar-refractivity contribution >= 4 is 27.0 Å². The van der Waals surface area contributed by atoms with Crippen LogP contribution in [0, 0.1) is 10.1 Å². The van der Waals surface area contributed by atoms with E-state index >= 15 is 0 Å². The van der Waals surface area contributed by atoms with Crippen LogP contribution < -0.4 is 4.90 Å². The van der Waals surface area contributed by atoms with Crippen LogP contribution in [0.2, 0.25) is 0 Å². The molecule has 7 nitrogen and oxygen atoms in total. The maximum atomic E-state index is 11.8.